The van der Waals surface area contributed by atoms with E-state index in [1.54, 1.807) is 6.26 Å². The summed E-state index contributed by atoms with van der Waals surface area (Å²) in [5.74, 6) is 0.952. The summed E-state index contributed by atoms with van der Waals surface area (Å²) in [5, 5.41) is 5.61. The molecule has 2 heterocycles. The van der Waals surface area contributed by atoms with Crippen LogP contribution in [0.15, 0.2) is 47.1 Å². The Kier molecular flexibility index (Phi) is 8.39. The summed E-state index contributed by atoms with van der Waals surface area (Å²) in [5.41, 5.74) is 1.91. The van der Waals surface area contributed by atoms with E-state index in [1.165, 1.54) is 31.0 Å². The molecule has 2 atom stereocenters. The van der Waals surface area contributed by atoms with Crippen molar-refractivity contribution >= 4 is 29.3 Å². The number of carbonyl (C=O) groups is 2. The Bertz CT molecular complexity index is 802. The molecule has 1 saturated heterocycles. The van der Waals surface area contributed by atoms with E-state index in [2.05, 4.69) is 15.5 Å². The Labute approximate surface area is 182 Å². The fraction of sp³-hybridized carbons (Fsp3) is 0.478. The minimum absolute atomic E-state index is 0.0475. The van der Waals surface area contributed by atoms with Gasteiger partial charge in [0, 0.05) is 12.2 Å². The van der Waals surface area contributed by atoms with Crippen LogP contribution in [0.1, 0.15) is 43.6 Å². The van der Waals surface area contributed by atoms with Crippen molar-refractivity contribution in [3.05, 3.63) is 54.0 Å². The smallest absolute Gasteiger partial charge is 0.234 e. The second-order valence-electron chi connectivity index (χ2n) is 7.74. The molecule has 6 nitrogen and oxygen atoms in total. The molecule has 0 spiro atoms. The summed E-state index contributed by atoms with van der Waals surface area (Å²) in [6, 6.07) is 11.6. The highest BCUT2D eigenvalue weighted by atomic mass is 32.2. The van der Waals surface area contributed by atoms with Crippen LogP contribution in [-0.2, 0) is 9.59 Å². The number of carbonyl (C=O) groups excluding carboxylic acids is 2. The number of piperidine rings is 1. The largest absolute Gasteiger partial charge is 0.468 e. The molecule has 1 fully saturated rings. The van der Waals surface area contributed by atoms with E-state index in [0.717, 1.165) is 30.1 Å². The molecule has 1 aliphatic rings. The lowest BCUT2D eigenvalue weighted by Crippen LogP contribution is -2.42. The van der Waals surface area contributed by atoms with Crippen molar-refractivity contribution in [2.45, 2.75) is 44.4 Å². The van der Waals surface area contributed by atoms with Crippen LogP contribution in [0.5, 0.6) is 0 Å². The Hall–Kier alpha value is -2.25. The van der Waals surface area contributed by atoms with Crippen LogP contribution >= 0.6 is 11.8 Å². The third kappa shape index (κ3) is 6.64. The first-order valence-corrected chi connectivity index (χ1v) is 11.6. The van der Waals surface area contributed by atoms with Gasteiger partial charge in [-0.3, -0.25) is 14.5 Å². The quantitative estimate of drug-likeness (QED) is 0.630. The molecule has 2 aromatic rings. The summed E-state index contributed by atoms with van der Waals surface area (Å²) in [4.78, 5) is 27.1. The average molecular weight is 430 g/mol. The van der Waals surface area contributed by atoms with Crippen molar-refractivity contribution in [2.24, 2.45) is 0 Å². The number of rotatable bonds is 9. The first-order valence-electron chi connectivity index (χ1n) is 10.6. The van der Waals surface area contributed by atoms with Crippen molar-refractivity contribution in [2.75, 3.05) is 30.7 Å². The van der Waals surface area contributed by atoms with E-state index in [-0.39, 0.29) is 28.9 Å². The Morgan fingerprint density at radius 2 is 1.87 bits per heavy atom. The number of likely N-dealkylation sites (tertiary alicyclic amines) is 1. The molecule has 0 bridgehead atoms. The molecule has 1 aromatic carbocycles. The zero-order chi connectivity index (χ0) is 21.3. The van der Waals surface area contributed by atoms with E-state index >= 15 is 0 Å². The first kappa shape index (κ1) is 22.4. The van der Waals surface area contributed by atoms with E-state index in [1.807, 2.05) is 50.2 Å². The standard InChI is InChI=1S/C23H31N3O3S/c1-17-8-10-19(11-9-17)25-22(27)16-30-18(2)23(28)24-15-20(21-7-6-14-29-21)26-12-4-3-5-13-26/h6-11,14,18,20H,3-5,12-13,15-16H2,1-2H3,(H,24,28)(H,25,27). The summed E-state index contributed by atoms with van der Waals surface area (Å²) in [6.45, 7) is 6.38. The van der Waals surface area contributed by atoms with Crippen molar-refractivity contribution in [1.82, 2.24) is 10.2 Å². The van der Waals surface area contributed by atoms with Crippen molar-refractivity contribution in [3.63, 3.8) is 0 Å². The predicted molar refractivity (Wildman–Crippen MR) is 122 cm³/mol. The van der Waals surface area contributed by atoms with Crippen LogP contribution < -0.4 is 10.6 Å². The molecule has 0 saturated carbocycles. The van der Waals surface area contributed by atoms with Crippen LogP contribution in [0, 0.1) is 6.92 Å². The number of furan rings is 1. The third-order valence-electron chi connectivity index (χ3n) is 5.34. The average Bonchev–Trinajstić information content (AvgIpc) is 3.29. The highest BCUT2D eigenvalue weighted by Gasteiger charge is 2.26. The number of benzene rings is 1. The number of nitrogens with zero attached hydrogens (tertiary/aromatic N) is 1. The van der Waals surface area contributed by atoms with Crippen LogP contribution in [0.3, 0.4) is 0 Å². The van der Waals surface area contributed by atoms with Gasteiger partial charge in [0.15, 0.2) is 0 Å². The molecule has 7 heteroatoms. The zero-order valence-electron chi connectivity index (χ0n) is 17.7. The topological polar surface area (TPSA) is 74.6 Å². The van der Waals surface area contributed by atoms with E-state index in [4.69, 9.17) is 4.42 Å². The van der Waals surface area contributed by atoms with Crippen LogP contribution in [-0.4, -0.2) is 47.4 Å². The Balaban J connectivity index is 1.45. The Morgan fingerprint density at radius 3 is 2.53 bits per heavy atom. The lowest BCUT2D eigenvalue weighted by atomic mass is 10.1. The first-order chi connectivity index (χ1) is 14.5. The van der Waals surface area contributed by atoms with Gasteiger partial charge in [-0.1, -0.05) is 24.1 Å². The van der Waals surface area contributed by atoms with E-state index < -0.39 is 0 Å². The predicted octanol–water partition coefficient (Wildman–Crippen LogP) is 3.99. The minimum atomic E-state index is -0.313. The van der Waals surface area contributed by atoms with Gasteiger partial charge in [0.05, 0.1) is 23.3 Å². The number of nitrogens with one attached hydrogen (secondary N) is 2. The molecule has 2 amide bonds. The number of aryl methyl sites for hydroxylation is 1. The molecule has 162 valence electrons. The molecule has 2 unspecified atom stereocenters. The van der Waals surface area contributed by atoms with Gasteiger partial charge in [-0.05, 0) is 64.0 Å². The summed E-state index contributed by atoms with van der Waals surface area (Å²) >= 11 is 1.34. The second kappa shape index (κ2) is 11.2. The number of thioether (sulfide) groups is 1. The fourth-order valence-electron chi connectivity index (χ4n) is 3.57. The van der Waals surface area contributed by atoms with Gasteiger partial charge in [-0.15, -0.1) is 11.8 Å². The molecule has 0 aliphatic carbocycles. The fourth-order valence-corrected chi connectivity index (χ4v) is 4.28. The van der Waals surface area contributed by atoms with Gasteiger partial charge < -0.3 is 15.1 Å². The maximum absolute atomic E-state index is 12.6. The van der Waals surface area contributed by atoms with Gasteiger partial charge in [-0.2, -0.15) is 0 Å². The molecule has 1 aliphatic heterocycles. The Morgan fingerprint density at radius 1 is 1.13 bits per heavy atom. The van der Waals surface area contributed by atoms with E-state index in [0.29, 0.717) is 6.54 Å². The second-order valence-corrected chi connectivity index (χ2v) is 9.07. The number of anilines is 1. The number of hydrogen-bond donors (Lipinski definition) is 2. The molecule has 0 radical (unpaired) electrons. The summed E-state index contributed by atoms with van der Waals surface area (Å²) in [7, 11) is 0. The number of hydrogen-bond acceptors (Lipinski definition) is 5. The van der Waals surface area contributed by atoms with Gasteiger partial charge in [0.1, 0.15) is 5.76 Å². The summed E-state index contributed by atoms with van der Waals surface area (Å²) < 4.78 is 5.63. The van der Waals surface area contributed by atoms with Gasteiger partial charge in [0.2, 0.25) is 11.8 Å². The minimum Gasteiger partial charge on any atom is -0.468 e. The highest BCUT2D eigenvalue weighted by Crippen LogP contribution is 2.24. The third-order valence-corrected chi connectivity index (χ3v) is 6.48. The van der Waals surface area contributed by atoms with Gasteiger partial charge in [0.25, 0.3) is 0 Å². The lowest BCUT2D eigenvalue weighted by Gasteiger charge is -2.33. The molecule has 3 rings (SSSR count). The normalized spacial score (nSPS) is 16.6. The van der Waals surface area contributed by atoms with Crippen molar-refractivity contribution < 1.29 is 14.0 Å². The zero-order valence-corrected chi connectivity index (χ0v) is 18.5. The van der Waals surface area contributed by atoms with Crippen molar-refractivity contribution in [1.29, 1.82) is 0 Å². The van der Waals surface area contributed by atoms with Gasteiger partial charge >= 0.3 is 0 Å². The molecular formula is C23H31N3O3S. The van der Waals surface area contributed by atoms with Crippen LogP contribution in [0.2, 0.25) is 0 Å². The monoisotopic (exact) mass is 429 g/mol. The highest BCUT2D eigenvalue weighted by molar-refractivity contribution is 8.01. The molecule has 30 heavy (non-hydrogen) atoms. The van der Waals surface area contributed by atoms with Gasteiger partial charge in [-0.25, -0.2) is 0 Å². The molecule has 1 aromatic heterocycles. The van der Waals surface area contributed by atoms with E-state index in [9.17, 15) is 9.59 Å². The lowest BCUT2D eigenvalue weighted by molar-refractivity contribution is -0.120. The van der Waals surface area contributed by atoms with Crippen molar-refractivity contribution in [3.8, 4) is 0 Å². The number of amides is 2. The molecule has 2 N–H and O–H groups in total. The summed E-state index contributed by atoms with van der Waals surface area (Å²) in [6.07, 6.45) is 5.28. The van der Waals surface area contributed by atoms with Crippen LogP contribution in [0.4, 0.5) is 5.69 Å². The maximum atomic E-state index is 12.6. The SMILES string of the molecule is Cc1ccc(NC(=O)CSC(C)C(=O)NCC(c2ccco2)N2CCCCC2)cc1. The maximum Gasteiger partial charge on any atom is 0.234 e. The van der Waals surface area contributed by atoms with Crippen LogP contribution in [0.25, 0.3) is 0 Å². The molecular weight excluding hydrogens is 398 g/mol.